The topological polar surface area (TPSA) is 29.1 Å². The molecule has 0 aliphatic carbocycles. The highest BCUT2D eigenvalue weighted by Crippen LogP contribution is 2.39. The Hall–Kier alpha value is -2.88. The number of amides is 1. The Bertz CT molecular complexity index is 1100. The van der Waals surface area contributed by atoms with E-state index in [0.717, 1.165) is 0 Å². The van der Waals surface area contributed by atoms with Gasteiger partial charge in [0.25, 0.3) is 5.91 Å². The molecule has 0 heterocycles. The molecule has 0 fully saturated rings. The fraction of sp³-hybridized carbons (Fsp3) is 0.0500. The molecule has 156 valence electrons. The Morgan fingerprint density at radius 2 is 1.40 bits per heavy atom. The summed E-state index contributed by atoms with van der Waals surface area (Å²) < 4.78 is 94.3. The van der Waals surface area contributed by atoms with Crippen LogP contribution in [-0.2, 0) is 6.18 Å². The van der Waals surface area contributed by atoms with Gasteiger partial charge in [-0.25, -0.2) is 17.6 Å². The Labute approximate surface area is 173 Å². The zero-order valence-electron chi connectivity index (χ0n) is 14.6. The van der Waals surface area contributed by atoms with Crippen LogP contribution in [0.1, 0.15) is 15.9 Å². The maximum absolute atomic E-state index is 14.1. The lowest BCUT2D eigenvalue weighted by Crippen LogP contribution is -2.20. The van der Waals surface area contributed by atoms with Gasteiger partial charge in [-0.3, -0.25) is 4.79 Å². The molecule has 10 heteroatoms. The second-order valence-electron chi connectivity index (χ2n) is 6.01. The first-order valence-electron chi connectivity index (χ1n) is 8.11. The van der Waals surface area contributed by atoms with Crippen LogP contribution in [0.15, 0.2) is 53.0 Å². The first-order chi connectivity index (χ1) is 14.0. The van der Waals surface area contributed by atoms with E-state index in [1.807, 2.05) is 0 Å². The van der Waals surface area contributed by atoms with E-state index in [-0.39, 0.29) is 5.56 Å². The van der Waals surface area contributed by atoms with E-state index in [2.05, 4.69) is 15.9 Å². The van der Waals surface area contributed by atoms with Crippen molar-refractivity contribution in [3.05, 3.63) is 87.4 Å². The van der Waals surface area contributed by atoms with E-state index in [4.69, 9.17) is 0 Å². The summed E-state index contributed by atoms with van der Waals surface area (Å²) in [4.78, 5) is 12.6. The number of hydrogen-bond donors (Lipinski definition) is 1. The highest BCUT2D eigenvalue weighted by molar-refractivity contribution is 9.10. The molecule has 1 N–H and O–H groups in total. The minimum atomic E-state index is -5.68. The third kappa shape index (κ3) is 4.04. The van der Waals surface area contributed by atoms with Crippen LogP contribution >= 0.6 is 15.9 Å². The maximum atomic E-state index is 14.1. The molecule has 0 aliphatic rings. The number of anilines is 1. The number of hydrogen-bond acceptors (Lipinski definition) is 1. The fourth-order valence-corrected chi connectivity index (χ4v) is 3.11. The maximum Gasteiger partial charge on any atom is 0.422 e. The van der Waals surface area contributed by atoms with Crippen molar-refractivity contribution in [2.24, 2.45) is 0 Å². The second kappa shape index (κ2) is 8.10. The van der Waals surface area contributed by atoms with Gasteiger partial charge >= 0.3 is 6.18 Å². The average Bonchev–Trinajstić information content (AvgIpc) is 2.69. The molecule has 0 aliphatic heterocycles. The number of carbonyl (C=O) groups excluding carboxylic acids is 1. The van der Waals surface area contributed by atoms with Crippen molar-refractivity contribution in [3.8, 4) is 11.1 Å². The summed E-state index contributed by atoms with van der Waals surface area (Å²) in [6, 6.07) is 12.7. The fourth-order valence-electron chi connectivity index (χ4n) is 2.74. The predicted octanol–water partition coefficient (Wildman–Crippen LogP) is 6.94. The molecule has 3 aromatic carbocycles. The van der Waals surface area contributed by atoms with Crippen molar-refractivity contribution in [2.75, 3.05) is 5.32 Å². The quantitative estimate of drug-likeness (QED) is 0.312. The third-order valence-corrected chi connectivity index (χ3v) is 4.59. The largest absolute Gasteiger partial charge is 0.422 e. The van der Waals surface area contributed by atoms with Crippen LogP contribution in [-0.4, -0.2) is 5.91 Å². The van der Waals surface area contributed by atoms with Gasteiger partial charge in [-0.2, -0.15) is 13.2 Å². The molecule has 0 radical (unpaired) electrons. The van der Waals surface area contributed by atoms with E-state index < -0.39 is 46.6 Å². The lowest BCUT2D eigenvalue weighted by molar-refractivity contribution is -0.143. The normalized spacial score (nSPS) is 11.5. The molecule has 3 rings (SSSR count). The molecule has 3 aromatic rings. The van der Waals surface area contributed by atoms with Crippen molar-refractivity contribution in [2.45, 2.75) is 6.18 Å². The molecule has 30 heavy (non-hydrogen) atoms. The van der Waals surface area contributed by atoms with Crippen LogP contribution in [0.2, 0.25) is 0 Å². The monoisotopic (exact) mass is 491 g/mol. The lowest BCUT2D eigenvalue weighted by Gasteiger charge is -2.16. The van der Waals surface area contributed by atoms with Crippen molar-refractivity contribution in [3.63, 3.8) is 0 Å². The van der Waals surface area contributed by atoms with Crippen LogP contribution < -0.4 is 5.32 Å². The molecule has 0 aromatic heterocycles. The first kappa shape index (κ1) is 21.8. The van der Waals surface area contributed by atoms with E-state index in [1.165, 1.54) is 12.1 Å². The summed E-state index contributed by atoms with van der Waals surface area (Å²) in [5.41, 5.74) is -3.68. The van der Waals surface area contributed by atoms with Crippen LogP contribution in [0.25, 0.3) is 11.1 Å². The zero-order valence-corrected chi connectivity index (χ0v) is 16.1. The highest BCUT2D eigenvalue weighted by Gasteiger charge is 2.42. The van der Waals surface area contributed by atoms with Gasteiger partial charge in [0.2, 0.25) is 0 Å². The summed E-state index contributed by atoms with van der Waals surface area (Å²) >= 11 is 3.13. The number of alkyl halides is 3. The molecule has 0 saturated heterocycles. The second-order valence-corrected chi connectivity index (χ2v) is 6.93. The van der Waals surface area contributed by atoms with Crippen molar-refractivity contribution in [1.82, 2.24) is 0 Å². The smallest absolute Gasteiger partial charge is 0.317 e. The van der Waals surface area contributed by atoms with Crippen LogP contribution in [0.4, 0.5) is 36.4 Å². The molecule has 2 nitrogen and oxygen atoms in total. The minimum Gasteiger partial charge on any atom is -0.317 e. The Morgan fingerprint density at radius 3 is 1.93 bits per heavy atom. The Morgan fingerprint density at radius 1 is 0.833 bits per heavy atom. The number of nitrogens with one attached hydrogen (secondary N) is 1. The van der Waals surface area contributed by atoms with Gasteiger partial charge in [0.1, 0.15) is 11.3 Å². The van der Waals surface area contributed by atoms with Crippen molar-refractivity contribution < 1.29 is 35.5 Å². The molecule has 1 amide bonds. The van der Waals surface area contributed by atoms with Gasteiger partial charge in [0, 0.05) is 10.0 Å². The first-order valence-corrected chi connectivity index (χ1v) is 8.91. The summed E-state index contributed by atoms with van der Waals surface area (Å²) in [5.74, 6) is -11.2. The van der Waals surface area contributed by atoms with Gasteiger partial charge in [-0.1, -0.05) is 52.3 Å². The van der Waals surface area contributed by atoms with Crippen LogP contribution in [0.5, 0.6) is 0 Å². The molecular weight excluding hydrogens is 483 g/mol. The highest BCUT2D eigenvalue weighted by atomic mass is 79.9. The van der Waals surface area contributed by atoms with Gasteiger partial charge in [0.05, 0.1) is 0 Å². The Kier molecular flexibility index (Phi) is 5.89. The van der Waals surface area contributed by atoms with Crippen LogP contribution in [0, 0.1) is 23.3 Å². The number of halogens is 8. The van der Waals surface area contributed by atoms with E-state index in [9.17, 15) is 35.5 Å². The standard InChI is InChI=1S/C20H9BrF7NO/c21-10-6-7-11(9-4-2-1-3-5-9)12(8-10)19(30)29-18-16(24)14(22)13(20(26,27)28)15(23)17(18)25/h1-8H,(H,29,30). The van der Waals surface area contributed by atoms with Crippen LogP contribution in [0.3, 0.4) is 0 Å². The Balaban J connectivity index is 2.10. The third-order valence-electron chi connectivity index (χ3n) is 4.10. The molecule has 0 bridgehead atoms. The average molecular weight is 492 g/mol. The van der Waals surface area contributed by atoms with E-state index in [1.54, 1.807) is 41.7 Å². The number of benzene rings is 3. The summed E-state index contributed by atoms with van der Waals surface area (Å²) in [7, 11) is 0. The SMILES string of the molecule is O=C(Nc1c(F)c(F)c(C(F)(F)F)c(F)c1F)c1cc(Br)ccc1-c1ccccc1. The predicted molar refractivity (Wildman–Crippen MR) is 98.8 cm³/mol. The van der Waals surface area contributed by atoms with Gasteiger partial charge in [-0.05, 0) is 23.3 Å². The molecule has 0 spiro atoms. The zero-order chi connectivity index (χ0) is 22.2. The van der Waals surface area contributed by atoms with Gasteiger partial charge < -0.3 is 5.32 Å². The minimum absolute atomic E-state index is 0.143. The molecular formula is C20H9BrF7NO. The molecule has 0 saturated carbocycles. The molecule has 0 unspecified atom stereocenters. The molecule has 0 atom stereocenters. The lowest BCUT2D eigenvalue weighted by atomic mass is 9.99. The summed E-state index contributed by atoms with van der Waals surface area (Å²) in [6.07, 6.45) is -5.68. The van der Waals surface area contributed by atoms with E-state index >= 15 is 0 Å². The van der Waals surface area contributed by atoms with Crippen molar-refractivity contribution >= 4 is 27.5 Å². The summed E-state index contributed by atoms with van der Waals surface area (Å²) in [5, 5.41) is 1.64. The number of rotatable bonds is 3. The summed E-state index contributed by atoms with van der Waals surface area (Å²) in [6.45, 7) is 0. The van der Waals surface area contributed by atoms with Gasteiger partial charge in [0.15, 0.2) is 23.3 Å². The number of carbonyl (C=O) groups is 1. The van der Waals surface area contributed by atoms with Gasteiger partial charge in [-0.15, -0.1) is 0 Å². The van der Waals surface area contributed by atoms with Crippen molar-refractivity contribution in [1.29, 1.82) is 0 Å². The van der Waals surface area contributed by atoms with E-state index in [0.29, 0.717) is 15.6 Å².